The number of imide groups is 1. The lowest BCUT2D eigenvalue weighted by atomic mass is 9.68. The van der Waals surface area contributed by atoms with Crippen molar-refractivity contribution < 1.29 is 39.5 Å². The first-order valence-electron chi connectivity index (χ1n) is 13.9. The molecule has 1 aliphatic carbocycles. The summed E-state index contributed by atoms with van der Waals surface area (Å²) in [6, 6.07) is 4.76. The summed E-state index contributed by atoms with van der Waals surface area (Å²) < 4.78 is 5.40. The van der Waals surface area contributed by atoms with E-state index in [2.05, 4.69) is 0 Å². The fraction of sp³-hybridized carbons (Fsp3) is 0.567. The number of aliphatic hydroxyl groups excluding tert-OH is 2. The second-order valence-corrected chi connectivity index (χ2v) is 11.0. The molecule has 220 valence electrons. The van der Waals surface area contributed by atoms with Gasteiger partial charge in [-0.1, -0.05) is 36.6 Å². The van der Waals surface area contributed by atoms with Gasteiger partial charge in [-0.3, -0.25) is 19.3 Å². The van der Waals surface area contributed by atoms with Gasteiger partial charge in [-0.15, -0.1) is 0 Å². The number of nitrogens with zero attached hydrogens (tertiary/aromatic N) is 1. The molecule has 1 aliphatic heterocycles. The summed E-state index contributed by atoms with van der Waals surface area (Å²) in [4.78, 5) is 38.7. The Bertz CT molecular complexity index is 1150. The lowest BCUT2D eigenvalue weighted by molar-refractivity contribution is -0.141. The van der Waals surface area contributed by atoms with Crippen molar-refractivity contribution >= 4 is 35.5 Å². The highest BCUT2D eigenvalue weighted by Crippen LogP contribution is 2.46. The Hall–Kier alpha value is -2.72. The van der Waals surface area contributed by atoms with E-state index in [4.69, 9.17) is 21.4 Å². The number of fused-ring (bicyclic) bond motifs is 1. The molecule has 1 heterocycles. The van der Waals surface area contributed by atoms with Gasteiger partial charge in [0.15, 0.2) is 0 Å². The Morgan fingerprint density at radius 3 is 2.58 bits per heavy atom. The number of carboxylic acids is 1. The van der Waals surface area contributed by atoms with Crippen LogP contribution in [0.25, 0.3) is 6.08 Å². The summed E-state index contributed by atoms with van der Waals surface area (Å²) in [6.45, 7) is 2.02. The van der Waals surface area contributed by atoms with E-state index in [1.165, 1.54) is 18.1 Å². The Kier molecular flexibility index (Phi) is 11.7. The highest BCUT2D eigenvalue weighted by atomic mass is 35.5. The Morgan fingerprint density at radius 1 is 1.20 bits per heavy atom. The van der Waals surface area contributed by atoms with Gasteiger partial charge in [0.2, 0.25) is 11.8 Å². The van der Waals surface area contributed by atoms with Crippen LogP contribution in [0.1, 0.15) is 63.9 Å². The number of amides is 2. The summed E-state index contributed by atoms with van der Waals surface area (Å²) in [5, 5.41) is 40.7. The standard InChI is InChI=1S/C30H40ClNO8/c1-3-18(13-19-9-10-21(34)15-24(19)31)8-11-25(35)27-20(17-40-2)14-22-28(23(27)16-33)30(39)32(29(22)38)12-6-4-5-7-26(36)37/h9-10,13,15,22-23,25,28,33-35H,3-8,11-12,14,16-17H2,1-2H3,(H,36,37)/b18-13+/t22-,23+,25-,28-/m1/s1. The first-order chi connectivity index (χ1) is 19.1. The summed E-state index contributed by atoms with van der Waals surface area (Å²) in [6.07, 6.45) is 4.50. The van der Waals surface area contributed by atoms with Crippen molar-refractivity contribution in [2.24, 2.45) is 17.8 Å². The predicted octanol–water partition coefficient (Wildman–Crippen LogP) is 4.18. The minimum atomic E-state index is -0.943. The second-order valence-electron chi connectivity index (χ2n) is 10.6. The molecule has 0 spiro atoms. The lowest BCUT2D eigenvalue weighted by Crippen LogP contribution is -2.39. The molecule has 2 aliphatic rings. The number of carboxylic acid groups (broad SMARTS) is 1. The first kappa shape index (κ1) is 31.8. The van der Waals surface area contributed by atoms with Crippen molar-refractivity contribution in [3.05, 3.63) is 45.5 Å². The average molecular weight is 578 g/mol. The quantitative estimate of drug-likeness (QED) is 0.138. The predicted molar refractivity (Wildman–Crippen MR) is 151 cm³/mol. The molecule has 40 heavy (non-hydrogen) atoms. The van der Waals surface area contributed by atoms with Crippen molar-refractivity contribution in [3.63, 3.8) is 0 Å². The maximum Gasteiger partial charge on any atom is 0.303 e. The van der Waals surface area contributed by atoms with Crippen LogP contribution in [0.4, 0.5) is 0 Å². The molecule has 0 unspecified atom stereocenters. The van der Waals surface area contributed by atoms with E-state index in [-0.39, 0.29) is 50.2 Å². The number of phenolic OH excluding ortho intramolecular Hbond substituents is 1. The third-order valence-corrected chi connectivity index (χ3v) is 8.29. The number of hydrogen-bond donors (Lipinski definition) is 4. The molecule has 1 fully saturated rings. The van der Waals surface area contributed by atoms with E-state index in [9.17, 15) is 29.7 Å². The molecule has 1 aromatic rings. The van der Waals surface area contributed by atoms with Gasteiger partial charge in [0.05, 0.1) is 36.2 Å². The van der Waals surface area contributed by atoms with Gasteiger partial charge < -0.3 is 25.2 Å². The van der Waals surface area contributed by atoms with E-state index in [1.807, 2.05) is 13.0 Å². The van der Waals surface area contributed by atoms with Crippen molar-refractivity contribution in [1.29, 1.82) is 0 Å². The molecule has 4 N–H and O–H groups in total. The van der Waals surface area contributed by atoms with E-state index < -0.39 is 29.8 Å². The van der Waals surface area contributed by atoms with Crippen LogP contribution in [0.15, 0.2) is 34.9 Å². The van der Waals surface area contributed by atoms with Crippen molar-refractivity contribution in [2.45, 2.75) is 64.4 Å². The number of aromatic hydroxyl groups is 1. The largest absolute Gasteiger partial charge is 0.508 e. The summed E-state index contributed by atoms with van der Waals surface area (Å²) in [5.74, 6) is -3.49. The highest BCUT2D eigenvalue weighted by molar-refractivity contribution is 6.32. The second kappa shape index (κ2) is 14.8. The number of phenols is 1. The Balaban J connectivity index is 1.77. The molecule has 0 aromatic heterocycles. The number of ether oxygens (including phenoxy) is 1. The number of unbranched alkanes of at least 4 members (excludes halogenated alkanes) is 2. The SMILES string of the molecule is CC/C(=C\c1ccc(O)cc1Cl)CC[C@@H](O)C1=C(COC)C[C@H]2C(=O)N(CCCCCC(=O)O)C(=O)[C@H]2[C@H]1CO. The number of methoxy groups -OCH3 is 1. The summed E-state index contributed by atoms with van der Waals surface area (Å²) in [7, 11) is 1.53. The maximum atomic E-state index is 13.4. The van der Waals surface area contributed by atoms with Crippen LogP contribution in [0.5, 0.6) is 5.75 Å². The fourth-order valence-electron chi connectivity index (χ4n) is 5.96. The maximum absolute atomic E-state index is 13.4. The third kappa shape index (κ3) is 7.51. The molecule has 0 radical (unpaired) electrons. The zero-order chi connectivity index (χ0) is 29.4. The molecule has 4 atom stereocenters. The first-order valence-corrected chi connectivity index (χ1v) is 14.2. The summed E-state index contributed by atoms with van der Waals surface area (Å²) in [5.41, 5.74) is 3.12. The van der Waals surface area contributed by atoms with E-state index in [1.54, 1.807) is 12.1 Å². The number of aliphatic hydroxyl groups is 2. The van der Waals surface area contributed by atoms with Gasteiger partial charge in [0.25, 0.3) is 0 Å². The number of aliphatic carboxylic acids is 1. The minimum Gasteiger partial charge on any atom is -0.508 e. The van der Waals surface area contributed by atoms with Gasteiger partial charge in [-0.05, 0) is 73.4 Å². The molecular weight excluding hydrogens is 538 g/mol. The van der Waals surface area contributed by atoms with E-state index in [0.717, 1.165) is 23.1 Å². The van der Waals surface area contributed by atoms with Crippen molar-refractivity contribution in [1.82, 2.24) is 4.90 Å². The van der Waals surface area contributed by atoms with E-state index in [0.29, 0.717) is 42.7 Å². The molecule has 2 amide bonds. The van der Waals surface area contributed by atoms with Crippen LogP contribution >= 0.6 is 11.6 Å². The minimum absolute atomic E-state index is 0.0438. The van der Waals surface area contributed by atoms with Gasteiger partial charge in [0.1, 0.15) is 5.75 Å². The highest BCUT2D eigenvalue weighted by Gasteiger charge is 2.54. The molecule has 0 saturated carbocycles. The van der Waals surface area contributed by atoms with Gasteiger partial charge in [-0.2, -0.15) is 0 Å². The molecular formula is C30H40ClNO8. The zero-order valence-electron chi connectivity index (χ0n) is 23.1. The van der Waals surface area contributed by atoms with Gasteiger partial charge >= 0.3 is 5.97 Å². The Morgan fingerprint density at radius 2 is 1.95 bits per heavy atom. The number of rotatable bonds is 15. The van der Waals surface area contributed by atoms with Crippen LogP contribution in [0, 0.1) is 17.8 Å². The Labute approximate surface area is 240 Å². The number of likely N-dealkylation sites (tertiary alicyclic amines) is 1. The molecule has 0 bridgehead atoms. The molecule has 9 nitrogen and oxygen atoms in total. The van der Waals surface area contributed by atoms with Gasteiger partial charge in [-0.25, -0.2) is 0 Å². The molecule has 3 rings (SSSR count). The molecule has 10 heteroatoms. The lowest BCUT2D eigenvalue weighted by Gasteiger charge is -2.36. The van der Waals surface area contributed by atoms with Crippen LogP contribution in [-0.2, 0) is 19.1 Å². The number of carbonyl (C=O) groups excluding carboxylic acids is 2. The van der Waals surface area contributed by atoms with Crippen LogP contribution in [-0.4, -0.2) is 76.1 Å². The van der Waals surface area contributed by atoms with E-state index >= 15 is 0 Å². The molecule has 1 aromatic carbocycles. The fourth-order valence-corrected chi connectivity index (χ4v) is 6.19. The van der Waals surface area contributed by atoms with Gasteiger partial charge in [0, 0.05) is 26.0 Å². The number of allylic oxidation sites excluding steroid dienone is 1. The van der Waals surface area contributed by atoms with Crippen LogP contribution in [0.2, 0.25) is 5.02 Å². The smallest absolute Gasteiger partial charge is 0.303 e. The topological polar surface area (TPSA) is 145 Å². The monoisotopic (exact) mass is 577 g/mol. The van der Waals surface area contributed by atoms with Crippen molar-refractivity contribution in [2.75, 3.05) is 26.9 Å². The van der Waals surface area contributed by atoms with Crippen LogP contribution < -0.4 is 0 Å². The number of benzene rings is 1. The summed E-state index contributed by atoms with van der Waals surface area (Å²) >= 11 is 6.27. The normalized spacial score (nSPS) is 22.2. The van der Waals surface area contributed by atoms with Crippen LogP contribution in [0.3, 0.4) is 0 Å². The third-order valence-electron chi connectivity index (χ3n) is 7.96. The number of hydrogen-bond acceptors (Lipinski definition) is 7. The number of carbonyl (C=O) groups is 3. The van der Waals surface area contributed by atoms with Crippen molar-refractivity contribution in [3.8, 4) is 5.75 Å². The number of halogens is 1. The average Bonchev–Trinajstić information content (AvgIpc) is 3.15. The zero-order valence-corrected chi connectivity index (χ0v) is 23.9. The molecule has 1 saturated heterocycles.